The van der Waals surface area contributed by atoms with E-state index in [2.05, 4.69) is 6.92 Å². The molecule has 64 valence electrons. The number of nitrogens with zero attached hydrogens (tertiary/aromatic N) is 1. The molecule has 1 aliphatic carbocycles. The quantitative estimate of drug-likeness (QED) is 0.453. The molecule has 0 amide bonds. The molecule has 1 rings (SSSR count). The van der Waals surface area contributed by atoms with Crippen LogP contribution in [-0.4, -0.2) is 11.5 Å². The third-order valence-corrected chi connectivity index (χ3v) is 2.43. The molecule has 0 aromatic carbocycles. The normalized spacial score (nSPS) is 19.7. The van der Waals surface area contributed by atoms with Gasteiger partial charge in [-0.05, 0) is 31.1 Å². The summed E-state index contributed by atoms with van der Waals surface area (Å²) in [4.78, 5) is 9.75. The minimum Gasteiger partial charge on any atom is -0.265 e. The van der Waals surface area contributed by atoms with Crippen molar-refractivity contribution in [3.63, 3.8) is 0 Å². The van der Waals surface area contributed by atoms with E-state index in [0.29, 0.717) is 0 Å². The Balaban J connectivity index is 1.97. The maximum atomic E-state index is 9.97. The van der Waals surface area contributed by atoms with E-state index in [1.54, 1.807) is 0 Å². The van der Waals surface area contributed by atoms with Crippen LogP contribution >= 0.6 is 0 Å². The standard InChI is InChI=1S/C8H15NO2/c1-7(8-4-5-8)3-2-6-9(10)11/h7-8H,2-6H2,1H3. The van der Waals surface area contributed by atoms with Gasteiger partial charge in [0.2, 0.25) is 6.54 Å². The lowest BCUT2D eigenvalue weighted by Crippen LogP contribution is -2.04. The van der Waals surface area contributed by atoms with Crippen LogP contribution in [0.3, 0.4) is 0 Å². The summed E-state index contributed by atoms with van der Waals surface area (Å²) in [5.41, 5.74) is 0. The number of hydrogen-bond donors (Lipinski definition) is 0. The van der Waals surface area contributed by atoms with Gasteiger partial charge in [0, 0.05) is 11.3 Å². The van der Waals surface area contributed by atoms with Gasteiger partial charge in [-0.15, -0.1) is 0 Å². The molecular formula is C8H15NO2. The van der Waals surface area contributed by atoms with Gasteiger partial charge in [-0.3, -0.25) is 10.1 Å². The zero-order valence-electron chi connectivity index (χ0n) is 6.95. The lowest BCUT2D eigenvalue weighted by molar-refractivity contribution is -0.480. The van der Waals surface area contributed by atoms with Crippen molar-refractivity contribution in [3.05, 3.63) is 10.1 Å². The van der Waals surface area contributed by atoms with E-state index in [1.165, 1.54) is 12.8 Å². The van der Waals surface area contributed by atoms with Crippen LogP contribution in [0.25, 0.3) is 0 Å². The van der Waals surface area contributed by atoms with Crippen LogP contribution in [0, 0.1) is 22.0 Å². The largest absolute Gasteiger partial charge is 0.265 e. The maximum Gasteiger partial charge on any atom is 0.203 e. The van der Waals surface area contributed by atoms with Crippen molar-refractivity contribution in [3.8, 4) is 0 Å². The number of rotatable bonds is 5. The molecule has 0 bridgehead atoms. The van der Waals surface area contributed by atoms with Gasteiger partial charge in [0.05, 0.1) is 0 Å². The summed E-state index contributed by atoms with van der Waals surface area (Å²) in [5, 5.41) is 9.97. The highest BCUT2D eigenvalue weighted by atomic mass is 16.6. The monoisotopic (exact) mass is 157 g/mol. The highest BCUT2D eigenvalue weighted by Crippen LogP contribution is 2.38. The molecule has 0 N–H and O–H groups in total. The molecule has 1 saturated carbocycles. The van der Waals surface area contributed by atoms with E-state index in [0.717, 1.165) is 24.7 Å². The van der Waals surface area contributed by atoms with Crippen LogP contribution in [0.2, 0.25) is 0 Å². The summed E-state index contributed by atoms with van der Waals surface area (Å²) in [5.74, 6) is 1.61. The van der Waals surface area contributed by atoms with Crippen molar-refractivity contribution in [2.45, 2.75) is 32.6 Å². The maximum absolute atomic E-state index is 9.97. The van der Waals surface area contributed by atoms with Crippen molar-refractivity contribution >= 4 is 0 Å². The zero-order valence-corrected chi connectivity index (χ0v) is 6.95. The fraction of sp³-hybridized carbons (Fsp3) is 1.00. The van der Waals surface area contributed by atoms with Crippen LogP contribution in [0.5, 0.6) is 0 Å². The van der Waals surface area contributed by atoms with Crippen LogP contribution < -0.4 is 0 Å². The van der Waals surface area contributed by atoms with Crippen LogP contribution in [-0.2, 0) is 0 Å². The lowest BCUT2D eigenvalue weighted by atomic mass is 10.0. The van der Waals surface area contributed by atoms with Gasteiger partial charge in [-0.25, -0.2) is 0 Å². The number of nitro groups is 1. The summed E-state index contributed by atoms with van der Waals surface area (Å²) in [6, 6.07) is 0. The number of hydrogen-bond acceptors (Lipinski definition) is 2. The molecule has 1 atom stereocenters. The third kappa shape index (κ3) is 3.35. The molecule has 0 saturated heterocycles. The van der Waals surface area contributed by atoms with Gasteiger partial charge in [0.15, 0.2) is 0 Å². The lowest BCUT2D eigenvalue weighted by Gasteiger charge is -2.06. The minimum atomic E-state index is -0.223. The first-order valence-electron chi connectivity index (χ1n) is 4.32. The smallest absolute Gasteiger partial charge is 0.203 e. The minimum absolute atomic E-state index is 0.150. The Morgan fingerprint density at radius 3 is 2.73 bits per heavy atom. The molecule has 0 spiro atoms. The fourth-order valence-corrected chi connectivity index (χ4v) is 1.44. The average molecular weight is 157 g/mol. The second-order valence-electron chi connectivity index (χ2n) is 3.51. The Labute approximate surface area is 66.9 Å². The predicted octanol–water partition coefficient (Wildman–Crippen LogP) is 2.09. The summed E-state index contributed by atoms with van der Waals surface area (Å²) >= 11 is 0. The first-order chi connectivity index (χ1) is 5.20. The Kier molecular flexibility index (Phi) is 2.85. The van der Waals surface area contributed by atoms with Gasteiger partial charge < -0.3 is 0 Å². The second-order valence-corrected chi connectivity index (χ2v) is 3.51. The third-order valence-electron chi connectivity index (χ3n) is 2.43. The molecule has 0 aromatic rings. The first kappa shape index (κ1) is 8.50. The van der Waals surface area contributed by atoms with E-state index in [9.17, 15) is 10.1 Å². The molecule has 0 aromatic heterocycles. The second kappa shape index (κ2) is 3.69. The van der Waals surface area contributed by atoms with Crippen molar-refractivity contribution in [2.75, 3.05) is 6.54 Å². The molecule has 3 heteroatoms. The van der Waals surface area contributed by atoms with Gasteiger partial charge in [-0.1, -0.05) is 6.92 Å². The highest BCUT2D eigenvalue weighted by molar-refractivity contribution is 4.78. The first-order valence-corrected chi connectivity index (χ1v) is 4.32. The Hall–Kier alpha value is -0.600. The van der Waals surface area contributed by atoms with E-state index < -0.39 is 0 Å². The Morgan fingerprint density at radius 2 is 2.27 bits per heavy atom. The predicted molar refractivity (Wildman–Crippen MR) is 43.0 cm³/mol. The van der Waals surface area contributed by atoms with Crippen LogP contribution in [0.4, 0.5) is 0 Å². The highest BCUT2D eigenvalue weighted by Gasteiger charge is 2.27. The molecule has 11 heavy (non-hydrogen) atoms. The van der Waals surface area contributed by atoms with E-state index in [1.807, 2.05) is 0 Å². The van der Waals surface area contributed by atoms with Gasteiger partial charge >= 0.3 is 0 Å². The van der Waals surface area contributed by atoms with Gasteiger partial charge in [0.25, 0.3) is 0 Å². The van der Waals surface area contributed by atoms with Crippen LogP contribution in [0.1, 0.15) is 32.6 Å². The van der Waals surface area contributed by atoms with E-state index in [-0.39, 0.29) is 11.5 Å². The topological polar surface area (TPSA) is 43.1 Å². The van der Waals surface area contributed by atoms with E-state index in [4.69, 9.17) is 0 Å². The summed E-state index contributed by atoms with van der Waals surface area (Å²) in [6.07, 6.45) is 4.48. The molecular weight excluding hydrogens is 142 g/mol. The van der Waals surface area contributed by atoms with Crippen molar-refractivity contribution in [2.24, 2.45) is 11.8 Å². The summed E-state index contributed by atoms with van der Waals surface area (Å²) < 4.78 is 0. The van der Waals surface area contributed by atoms with Crippen molar-refractivity contribution in [1.29, 1.82) is 0 Å². The van der Waals surface area contributed by atoms with Gasteiger partial charge in [0.1, 0.15) is 0 Å². The van der Waals surface area contributed by atoms with Crippen molar-refractivity contribution < 1.29 is 4.92 Å². The van der Waals surface area contributed by atoms with Crippen molar-refractivity contribution in [1.82, 2.24) is 0 Å². The summed E-state index contributed by atoms with van der Waals surface area (Å²) in [7, 11) is 0. The molecule has 0 heterocycles. The SMILES string of the molecule is CC(CCC[N+](=O)[O-])C1CC1. The Bertz CT molecular complexity index is 143. The zero-order chi connectivity index (χ0) is 8.27. The molecule has 1 aliphatic rings. The van der Waals surface area contributed by atoms with Gasteiger partial charge in [-0.2, -0.15) is 0 Å². The molecule has 1 unspecified atom stereocenters. The van der Waals surface area contributed by atoms with E-state index >= 15 is 0 Å². The fourth-order valence-electron chi connectivity index (χ4n) is 1.44. The van der Waals surface area contributed by atoms with Crippen LogP contribution in [0.15, 0.2) is 0 Å². The molecule has 0 radical (unpaired) electrons. The molecule has 0 aliphatic heterocycles. The molecule has 1 fully saturated rings. The summed E-state index contributed by atoms with van der Waals surface area (Å²) in [6.45, 7) is 2.36. The molecule has 3 nitrogen and oxygen atoms in total. The average Bonchev–Trinajstić information content (AvgIpc) is 2.66. The Morgan fingerprint density at radius 1 is 1.64 bits per heavy atom.